The standard InChI is InChI=1S/C18H13ClF3N3O3/c1-28-13-5-3-2-4-12(13)14-16(26)23-15(10-6-8-11(19)9-7-10)24-25(14)17(27)18(20,21)22/h2-9,14H,1H3,(H,23,24,26). The second-order valence-corrected chi connectivity index (χ2v) is 6.17. The number of amidine groups is 1. The molecular weight excluding hydrogens is 399 g/mol. The lowest BCUT2D eigenvalue weighted by Crippen LogP contribution is -2.52. The fraction of sp³-hybridized carbons (Fsp3) is 0.167. The molecule has 0 spiro atoms. The number of carbonyl (C=O) groups is 2. The highest BCUT2D eigenvalue weighted by Crippen LogP contribution is 2.34. The minimum Gasteiger partial charge on any atom is -0.496 e. The maximum absolute atomic E-state index is 13.2. The van der Waals surface area contributed by atoms with Crippen molar-refractivity contribution in [2.75, 3.05) is 7.11 Å². The number of benzene rings is 2. The van der Waals surface area contributed by atoms with Crippen LogP contribution in [0.4, 0.5) is 13.2 Å². The second kappa shape index (κ2) is 7.51. The average molecular weight is 412 g/mol. The summed E-state index contributed by atoms with van der Waals surface area (Å²) < 4.78 is 44.6. The van der Waals surface area contributed by atoms with Gasteiger partial charge >= 0.3 is 12.1 Å². The first-order valence-electron chi connectivity index (χ1n) is 7.91. The van der Waals surface area contributed by atoms with Gasteiger partial charge in [0.05, 0.1) is 7.11 Å². The van der Waals surface area contributed by atoms with Gasteiger partial charge in [-0.25, -0.2) is 5.01 Å². The van der Waals surface area contributed by atoms with E-state index in [1.54, 1.807) is 6.07 Å². The van der Waals surface area contributed by atoms with E-state index in [1.807, 2.05) is 0 Å². The molecule has 0 radical (unpaired) electrons. The Hall–Kier alpha value is -3.07. The minimum absolute atomic E-state index is 0.0685. The Morgan fingerprint density at radius 1 is 1.18 bits per heavy atom. The van der Waals surface area contributed by atoms with E-state index in [9.17, 15) is 22.8 Å². The summed E-state index contributed by atoms with van der Waals surface area (Å²) >= 11 is 5.80. The number of hydrogen-bond donors (Lipinski definition) is 1. The predicted octanol–water partition coefficient (Wildman–Crippen LogP) is 3.27. The number of methoxy groups -OCH3 is 1. The Labute approximate surface area is 162 Å². The van der Waals surface area contributed by atoms with E-state index in [-0.39, 0.29) is 27.7 Å². The summed E-state index contributed by atoms with van der Waals surface area (Å²) in [4.78, 5) is 24.8. The van der Waals surface area contributed by atoms with Crippen LogP contribution in [-0.2, 0) is 9.59 Å². The quantitative estimate of drug-likeness (QED) is 0.842. The number of halogens is 4. The van der Waals surface area contributed by atoms with Crippen molar-refractivity contribution in [3.63, 3.8) is 0 Å². The largest absolute Gasteiger partial charge is 0.496 e. The summed E-state index contributed by atoms with van der Waals surface area (Å²) in [7, 11) is 1.30. The van der Waals surface area contributed by atoms with Gasteiger partial charge in [-0.1, -0.05) is 29.8 Å². The molecule has 1 N–H and O–H groups in total. The van der Waals surface area contributed by atoms with Crippen LogP contribution in [0.2, 0.25) is 5.02 Å². The molecule has 10 heteroatoms. The number of amides is 2. The Morgan fingerprint density at radius 2 is 1.82 bits per heavy atom. The highest BCUT2D eigenvalue weighted by molar-refractivity contribution is 6.30. The Balaban J connectivity index is 2.13. The molecule has 1 aliphatic rings. The molecule has 146 valence electrons. The van der Waals surface area contributed by atoms with Crippen molar-refractivity contribution < 1.29 is 27.5 Å². The molecule has 1 heterocycles. The Bertz CT molecular complexity index is 945. The first kappa shape index (κ1) is 19.7. The van der Waals surface area contributed by atoms with Gasteiger partial charge in [0, 0.05) is 16.1 Å². The Morgan fingerprint density at radius 3 is 2.43 bits per heavy atom. The van der Waals surface area contributed by atoms with E-state index >= 15 is 0 Å². The third-order valence-corrected chi connectivity index (χ3v) is 4.20. The summed E-state index contributed by atoms with van der Waals surface area (Å²) in [6.45, 7) is 0. The van der Waals surface area contributed by atoms with Gasteiger partial charge < -0.3 is 10.1 Å². The summed E-state index contributed by atoms with van der Waals surface area (Å²) in [6, 6.07) is 10.2. The molecule has 0 saturated carbocycles. The molecule has 2 aromatic rings. The zero-order valence-electron chi connectivity index (χ0n) is 14.3. The van der Waals surface area contributed by atoms with Crippen LogP contribution in [0, 0.1) is 0 Å². The molecular formula is C18H13ClF3N3O3. The van der Waals surface area contributed by atoms with E-state index in [1.165, 1.54) is 49.6 Å². The number of hydrogen-bond acceptors (Lipinski definition) is 4. The van der Waals surface area contributed by atoms with E-state index in [0.29, 0.717) is 5.02 Å². The lowest BCUT2D eigenvalue weighted by molar-refractivity contribution is -0.189. The molecule has 0 aliphatic carbocycles. The van der Waals surface area contributed by atoms with Crippen molar-refractivity contribution in [2.45, 2.75) is 12.2 Å². The zero-order valence-corrected chi connectivity index (χ0v) is 15.1. The summed E-state index contributed by atoms with van der Waals surface area (Å²) in [5.74, 6) is -3.19. The van der Waals surface area contributed by atoms with E-state index in [2.05, 4.69) is 10.4 Å². The summed E-state index contributed by atoms with van der Waals surface area (Å²) in [5.41, 5.74) is 0.357. The number of para-hydroxylation sites is 1. The molecule has 3 rings (SSSR count). The van der Waals surface area contributed by atoms with E-state index in [4.69, 9.17) is 16.3 Å². The molecule has 0 fully saturated rings. The fourth-order valence-corrected chi connectivity index (χ4v) is 2.81. The van der Waals surface area contributed by atoms with Crippen LogP contribution in [0.3, 0.4) is 0 Å². The number of carbonyl (C=O) groups excluding carboxylic acids is 2. The first-order valence-corrected chi connectivity index (χ1v) is 8.29. The zero-order chi connectivity index (χ0) is 20.5. The molecule has 0 aromatic heterocycles. The number of alkyl halides is 3. The predicted molar refractivity (Wildman–Crippen MR) is 94.8 cm³/mol. The maximum atomic E-state index is 13.2. The molecule has 0 saturated heterocycles. The molecule has 1 atom stereocenters. The van der Waals surface area contributed by atoms with Crippen molar-refractivity contribution in [3.8, 4) is 5.75 Å². The van der Waals surface area contributed by atoms with Gasteiger partial charge in [0.2, 0.25) is 0 Å². The molecule has 28 heavy (non-hydrogen) atoms. The highest BCUT2D eigenvalue weighted by atomic mass is 35.5. The number of rotatable bonds is 3. The van der Waals surface area contributed by atoms with Crippen molar-refractivity contribution in [2.24, 2.45) is 5.10 Å². The number of hydrazone groups is 1. The van der Waals surface area contributed by atoms with Gasteiger partial charge in [0.1, 0.15) is 5.75 Å². The van der Waals surface area contributed by atoms with Crippen LogP contribution >= 0.6 is 11.6 Å². The molecule has 1 unspecified atom stereocenters. The SMILES string of the molecule is COc1ccccc1C1C(=O)NC(c2ccc(Cl)cc2)=NN1C(=O)C(F)(F)F. The van der Waals surface area contributed by atoms with Gasteiger partial charge in [0.25, 0.3) is 5.91 Å². The fourth-order valence-electron chi connectivity index (χ4n) is 2.68. The van der Waals surface area contributed by atoms with Gasteiger partial charge in [-0.15, -0.1) is 0 Å². The van der Waals surface area contributed by atoms with Crippen LogP contribution < -0.4 is 10.1 Å². The lowest BCUT2D eigenvalue weighted by atomic mass is 10.0. The summed E-state index contributed by atoms with van der Waals surface area (Å²) in [5, 5.41) is 6.74. The van der Waals surface area contributed by atoms with E-state index in [0.717, 1.165) is 0 Å². The first-order chi connectivity index (χ1) is 13.2. The topological polar surface area (TPSA) is 71.0 Å². The minimum atomic E-state index is -5.23. The van der Waals surface area contributed by atoms with Crippen molar-refractivity contribution in [3.05, 3.63) is 64.7 Å². The molecule has 6 nitrogen and oxygen atoms in total. The van der Waals surface area contributed by atoms with Crippen LogP contribution in [0.5, 0.6) is 5.75 Å². The van der Waals surface area contributed by atoms with Crippen LogP contribution in [0.1, 0.15) is 17.2 Å². The average Bonchev–Trinajstić information content (AvgIpc) is 2.66. The molecule has 0 bridgehead atoms. The number of nitrogens with one attached hydrogen (secondary N) is 1. The third-order valence-electron chi connectivity index (χ3n) is 3.94. The van der Waals surface area contributed by atoms with Gasteiger partial charge in [-0.2, -0.15) is 18.3 Å². The van der Waals surface area contributed by atoms with E-state index < -0.39 is 24.0 Å². The van der Waals surface area contributed by atoms with Gasteiger partial charge in [0.15, 0.2) is 11.9 Å². The smallest absolute Gasteiger partial charge is 0.473 e. The monoisotopic (exact) mass is 411 g/mol. The lowest BCUT2D eigenvalue weighted by Gasteiger charge is -2.32. The second-order valence-electron chi connectivity index (χ2n) is 5.74. The number of nitrogens with zero attached hydrogens (tertiary/aromatic N) is 2. The molecule has 1 aliphatic heterocycles. The van der Waals surface area contributed by atoms with Crippen molar-refractivity contribution >= 4 is 29.3 Å². The van der Waals surface area contributed by atoms with Crippen molar-refractivity contribution in [1.82, 2.24) is 10.3 Å². The van der Waals surface area contributed by atoms with Gasteiger partial charge in [-0.3, -0.25) is 9.59 Å². The number of ether oxygens (including phenoxy) is 1. The summed E-state index contributed by atoms with van der Waals surface area (Å²) in [6.07, 6.45) is -5.23. The third kappa shape index (κ3) is 3.79. The molecule has 2 aromatic carbocycles. The van der Waals surface area contributed by atoms with Crippen molar-refractivity contribution in [1.29, 1.82) is 0 Å². The van der Waals surface area contributed by atoms with Gasteiger partial charge in [-0.05, 0) is 30.3 Å². The molecule has 2 amide bonds. The Kier molecular flexibility index (Phi) is 5.28. The van der Waals surface area contributed by atoms with Crippen LogP contribution in [0.25, 0.3) is 0 Å². The van der Waals surface area contributed by atoms with Crippen LogP contribution in [0.15, 0.2) is 53.6 Å². The van der Waals surface area contributed by atoms with Crippen LogP contribution in [-0.4, -0.2) is 35.9 Å². The maximum Gasteiger partial charge on any atom is 0.473 e. The highest BCUT2D eigenvalue weighted by Gasteiger charge is 2.49. The normalized spacial score (nSPS) is 17.0.